The summed E-state index contributed by atoms with van der Waals surface area (Å²) < 4.78 is 19.2. The molecule has 2 aliphatic heterocycles. The van der Waals surface area contributed by atoms with Crippen molar-refractivity contribution in [2.75, 3.05) is 24.7 Å². The summed E-state index contributed by atoms with van der Waals surface area (Å²) in [5.74, 6) is -0.0587. The normalized spacial score (nSPS) is 19.2. The summed E-state index contributed by atoms with van der Waals surface area (Å²) in [6.45, 7) is 0.923. The van der Waals surface area contributed by atoms with Crippen LogP contribution in [-0.2, 0) is 0 Å². The van der Waals surface area contributed by atoms with Crippen molar-refractivity contribution < 1.29 is 23.8 Å². The molecule has 1 amide bonds. The number of H-pyrrole nitrogens is 1. The van der Waals surface area contributed by atoms with E-state index >= 15 is 0 Å². The third kappa shape index (κ3) is 2.87. The fourth-order valence-electron chi connectivity index (χ4n) is 3.32. The van der Waals surface area contributed by atoms with Crippen molar-refractivity contribution >= 4 is 23.4 Å². The van der Waals surface area contributed by atoms with E-state index in [1.807, 2.05) is 4.90 Å². The second-order valence-electron chi connectivity index (χ2n) is 6.44. The number of carboxylic acid groups (broad SMARTS) is 1. The maximum absolute atomic E-state index is 13.6. The Morgan fingerprint density at radius 1 is 1.27 bits per heavy atom. The molecule has 0 spiro atoms. The molecular formula is C18H18FN3O4. The second-order valence-corrected chi connectivity index (χ2v) is 6.44. The second kappa shape index (κ2) is 6.36. The first-order chi connectivity index (χ1) is 12.5. The molecule has 0 aliphatic carbocycles. The summed E-state index contributed by atoms with van der Waals surface area (Å²) in [7, 11) is 0. The molecule has 0 saturated carbocycles. The van der Waals surface area contributed by atoms with E-state index in [0.717, 1.165) is 5.69 Å². The maximum Gasteiger partial charge on any atom is 0.335 e. The van der Waals surface area contributed by atoms with E-state index < -0.39 is 12.1 Å². The third-order valence-corrected chi connectivity index (χ3v) is 4.69. The van der Waals surface area contributed by atoms with Gasteiger partial charge in [-0.05, 0) is 37.1 Å². The fraction of sp³-hybridized carbons (Fsp3) is 0.333. The number of hydrogen-bond donors (Lipinski definition) is 2. The highest BCUT2D eigenvalue weighted by atomic mass is 19.1. The summed E-state index contributed by atoms with van der Waals surface area (Å²) in [5, 5.41) is 8.99. The van der Waals surface area contributed by atoms with Gasteiger partial charge in [0.2, 0.25) is 0 Å². The lowest BCUT2D eigenvalue weighted by Crippen LogP contribution is -2.40. The molecule has 2 aliphatic rings. The summed E-state index contributed by atoms with van der Waals surface area (Å²) in [6.07, 6.45) is 0.176. The highest BCUT2D eigenvalue weighted by Crippen LogP contribution is 2.39. The Hall–Kier alpha value is -3.03. The number of amides is 1. The molecule has 1 atom stereocenters. The SMILES string of the molecule is O=C(O)c1ccc(N2COc3cc(C(=O)N4CCCC(F)C4)[nH]c32)cc1. The van der Waals surface area contributed by atoms with Crippen LogP contribution < -0.4 is 9.64 Å². The molecule has 1 aromatic carbocycles. The number of aromatic nitrogens is 1. The zero-order valence-electron chi connectivity index (χ0n) is 13.9. The number of nitrogens with one attached hydrogen (secondary N) is 1. The first-order valence-corrected chi connectivity index (χ1v) is 8.43. The van der Waals surface area contributed by atoms with E-state index in [-0.39, 0.29) is 24.7 Å². The standard InChI is InChI=1S/C18H18FN3O4/c19-12-2-1-7-21(9-12)17(23)14-8-15-16(20-14)22(10-26-15)13-5-3-11(4-6-13)18(24)25/h3-6,8,12,20H,1-2,7,9-10H2,(H,24,25). The Morgan fingerprint density at radius 2 is 2.04 bits per heavy atom. The lowest BCUT2D eigenvalue weighted by atomic mass is 10.1. The third-order valence-electron chi connectivity index (χ3n) is 4.69. The molecule has 7 nitrogen and oxygen atoms in total. The molecule has 136 valence electrons. The van der Waals surface area contributed by atoms with Crippen LogP contribution in [0.5, 0.6) is 5.75 Å². The number of ether oxygens (including phenoxy) is 1. The zero-order valence-corrected chi connectivity index (χ0v) is 13.9. The Bertz CT molecular complexity index is 849. The minimum absolute atomic E-state index is 0.115. The van der Waals surface area contributed by atoms with Crippen LogP contribution >= 0.6 is 0 Å². The average molecular weight is 359 g/mol. The number of halogens is 1. The summed E-state index contributed by atoms with van der Waals surface area (Å²) >= 11 is 0. The molecule has 4 rings (SSSR count). The number of likely N-dealkylation sites (tertiary alicyclic amines) is 1. The molecule has 1 saturated heterocycles. The molecule has 8 heteroatoms. The number of hydrogen-bond acceptors (Lipinski definition) is 4. The van der Waals surface area contributed by atoms with Crippen LogP contribution in [0.15, 0.2) is 30.3 Å². The van der Waals surface area contributed by atoms with Gasteiger partial charge in [-0.2, -0.15) is 0 Å². The van der Waals surface area contributed by atoms with Gasteiger partial charge in [0.1, 0.15) is 11.9 Å². The molecule has 26 heavy (non-hydrogen) atoms. The van der Waals surface area contributed by atoms with Crippen LogP contribution in [0.1, 0.15) is 33.7 Å². The fourth-order valence-corrected chi connectivity index (χ4v) is 3.32. The molecule has 0 radical (unpaired) electrons. The molecule has 1 fully saturated rings. The van der Waals surface area contributed by atoms with Crippen molar-refractivity contribution in [2.45, 2.75) is 19.0 Å². The number of anilines is 2. The average Bonchev–Trinajstić information content (AvgIpc) is 3.22. The van der Waals surface area contributed by atoms with E-state index in [9.17, 15) is 14.0 Å². The Morgan fingerprint density at radius 3 is 2.73 bits per heavy atom. The van der Waals surface area contributed by atoms with E-state index in [0.29, 0.717) is 36.6 Å². The molecular weight excluding hydrogens is 341 g/mol. The number of carbonyl (C=O) groups is 2. The zero-order chi connectivity index (χ0) is 18.3. The maximum atomic E-state index is 13.6. The number of carboxylic acids is 1. The van der Waals surface area contributed by atoms with Gasteiger partial charge >= 0.3 is 5.97 Å². The number of carbonyl (C=O) groups excluding carboxylic acids is 1. The highest BCUT2D eigenvalue weighted by Gasteiger charge is 2.30. The molecule has 0 bridgehead atoms. The number of alkyl halides is 1. The van der Waals surface area contributed by atoms with Gasteiger partial charge in [0, 0.05) is 18.3 Å². The Kier molecular flexibility index (Phi) is 4.02. The van der Waals surface area contributed by atoms with E-state index in [4.69, 9.17) is 9.84 Å². The van der Waals surface area contributed by atoms with Crippen LogP contribution in [0, 0.1) is 0 Å². The van der Waals surface area contributed by atoms with Crippen molar-refractivity contribution in [1.29, 1.82) is 0 Å². The summed E-state index contributed by atoms with van der Waals surface area (Å²) in [5.41, 5.74) is 1.30. The predicted molar refractivity (Wildman–Crippen MR) is 91.9 cm³/mol. The van der Waals surface area contributed by atoms with Gasteiger partial charge in [-0.3, -0.25) is 9.69 Å². The van der Waals surface area contributed by atoms with Crippen LogP contribution in [0.2, 0.25) is 0 Å². The molecule has 3 heterocycles. The molecule has 1 unspecified atom stereocenters. The highest BCUT2D eigenvalue weighted by molar-refractivity contribution is 5.95. The predicted octanol–water partition coefficient (Wildman–Crippen LogP) is 2.78. The molecule has 1 aromatic heterocycles. The quantitative estimate of drug-likeness (QED) is 0.880. The minimum Gasteiger partial charge on any atom is -0.478 e. The van der Waals surface area contributed by atoms with Gasteiger partial charge < -0.3 is 19.7 Å². The van der Waals surface area contributed by atoms with E-state index in [1.165, 1.54) is 17.0 Å². The molecule has 2 aromatic rings. The smallest absolute Gasteiger partial charge is 0.335 e. The summed E-state index contributed by atoms with van der Waals surface area (Å²) in [6, 6.07) is 8.02. The van der Waals surface area contributed by atoms with Gasteiger partial charge in [0.15, 0.2) is 18.3 Å². The van der Waals surface area contributed by atoms with Crippen LogP contribution in [0.4, 0.5) is 15.9 Å². The van der Waals surface area contributed by atoms with Crippen molar-refractivity contribution in [3.63, 3.8) is 0 Å². The molecule has 2 N–H and O–H groups in total. The number of aromatic amines is 1. The number of fused-ring (bicyclic) bond motifs is 1. The van der Waals surface area contributed by atoms with E-state index in [1.54, 1.807) is 18.2 Å². The van der Waals surface area contributed by atoms with Crippen LogP contribution in [0.3, 0.4) is 0 Å². The largest absolute Gasteiger partial charge is 0.478 e. The number of aromatic carboxylic acids is 1. The first-order valence-electron chi connectivity index (χ1n) is 8.43. The first kappa shape index (κ1) is 16.4. The van der Waals surface area contributed by atoms with Crippen molar-refractivity contribution in [3.05, 3.63) is 41.6 Å². The Labute approximate surface area is 149 Å². The number of benzene rings is 1. The van der Waals surface area contributed by atoms with Crippen molar-refractivity contribution in [2.24, 2.45) is 0 Å². The van der Waals surface area contributed by atoms with Gasteiger partial charge in [-0.15, -0.1) is 0 Å². The van der Waals surface area contributed by atoms with Crippen molar-refractivity contribution in [3.8, 4) is 5.75 Å². The van der Waals surface area contributed by atoms with Gasteiger partial charge in [0.25, 0.3) is 5.91 Å². The van der Waals surface area contributed by atoms with Gasteiger partial charge in [0.05, 0.1) is 12.1 Å². The Balaban J connectivity index is 1.56. The number of piperidine rings is 1. The number of nitrogens with zero attached hydrogens (tertiary/aromatic N) is 2. The minimum atomic E-state index is -0.990. The lowest BCUT2D eigenvalue weighted by Gasteiger charge is -2.28. The monoisotopic (exact) mass is 359 g/mol. The summed E-state index contributed by atoms with van der Waals surface area (Å²) in [4.78, 5) is 30.0. The van der Waals surface area contributed by atoms with Crippen LogP contribution in [0.25, 0.3) is 0 Å². The van der Waals surface area contributed by atoms with Crippen molar-refractivity contribution in [1.82, 2.24) is 9.88 Å². The van der Waals surface area contributed by atoms with Gasteiger partial charge in [-0.1, -0.05) is 0 Å². The van der Waals surface area contributed by atoms with E-state index in [2.05, 4.69) is 4.98 Å². The number of rotatable bonds is 3. The van der Waals surface area contributed by atoms with Crippen LogP contribution in [-0.4, -0.2) is 52.9 Å². The topological polar surface area (TPSA) is 85.9 Å². The lowest BCUT2D eigenvalue weighted by molar-refractivity contribution is 0.0630. The van der Waals surface area contributed by atoms with Gasteiger partial charge in [-0.25, -0.2) is 9.18 Å².